The summed E-state index contributed by atoms with van der Waals surface area (Å²) in [6, 6.07) is 11.1. The van der Waals surface area contributed by atoms with Gasteiger partial charge in [0.25, 0.3) is 11.6 Å². The van der Waals surface area contributed by atoms with Crippen molar-refractivity contribution >= 4 is 40.2 Å². The fourth-order valence-electron chi connectivity index (χ4n) is 2.22. The van der Waals surface area contributed by atoms with Gasteiger partial charge in [-0.2, -0.15) is 0 Å². The Labute approximate surface area is 152 Å². The molecule has 0 aliphatic carbocycles. The number of nitrogens with zero attached hydrogens (tertiary/aromatic N) is 2. The van der Waals surface area contributed by atoms with E-state index in [1.54, 1.807) is 23.5 Å². The van der Waals surface area contributed by atoms with Crippen molar-refractivity contribution in [2.24, 2.45) is 0 Å². The number of hydrogen-bond acceptors (Lipinski definition) is 5. The lowest BCUT2D eigenvalue weighted by atomic mass is 10.1. The summed E-state index contributed by atoms with van der Waals surface area (Å²) in [5, 5.41) is 16.4. The molecule has 1 heterocycles. The minimum absolute atomic E-state index is 0.0769. The van der Waals surface area contributed by atoms with Gasteiger partial charge in [0.2, 0.25) is 0 Å². The van der Waals surface area contributed by atoms with Crippen LogP contribution in [0.5, 0.6) is 0 Å². The minimum Gasteiger partial charge on any atom is -0.322 e. The summed E-state index contributed by atoms with van der Waals surface area (Å²) < 4.78 is 0. The van der Waals surface area contributed by atoms with Crippen LogP contribution in [0.4, 0.5) is 11.4 Å². The number of anilines is 1. The van der Waals surface area contributed by atoms with Crippen molar-refractivity contribution in [3.8, 4) is 11.3 Å². The van der Waals surface area contributed by atoms with E-state index in [1.165, 1.54) is 18.2 Å². The third kappa shape index (κ3) is 3.84. The van der Waals surface area contributed by atoms with Gasteiger partial charge >= 0.3 is 0 Å². The van der Waals surface area contributed by atoms with Crippen molar-refractivity contribution in [3.63, 3.8) is 0 Å². The predicted molar refractivity (Wildman–Crippen MR) is 98.3 cm³/mol. The SMILES string of the molecule is Cc1nc(-c2ccc(NC(=O)c3ccc([N+](=O)[O-])c(Cl)c3)cc2)cs1. The van der Waals surface area contributed by atoms with Crippen LogP contribution in [0, 0.1) is 17.0 Å². The second-order valence-electron chi connectivity index (χ2n) is 5.21. The number of carbonyl (C=O) groups excluding carboxylic acids is 1. The fraction of sp³-hybridized carbons (Fsp3) is 0.0588. The molecule has 126 valence electrons. The smallest absolute Gasteiger partial charge is 0.287 e. The molecule has 0 saturated carbocycles. The number of hydrogen-bond donors (Lipinski definition) is 1. The van der Waals surface area contributed by atoms with Crippen LogP contribution in [0.2, 0.25) is 5.02 Å². The van der Waals surface area contributed by atoms with Crippen molar-refractivity contribution < 1.29 is 9.72 Å². The quantitative estimate of drug-likeness (QED) is 0.518. The lowest BCUT2D eigenvalue weighted by molar-refractivity contribution is -0.384. The van der Waals surface area contributed by atoms with Crippen LogP contribution in [0.25, 0.3) is 11.3 Å². The van der Waals surface area contributed by atoms with Gasteiger partial charge in [0.15, 0.2) is 0 Å². The molecule has 25 heavy (non-hydrogen) atoms. The molecule has 0 aliphatic rings. The van der Waals surface area contributed by atoms with Crippen molar-refractivity contribution in [3.05, 3.63) is 73.6 Å². The van der Waals surface area contributed by atoms with Crippen molar-refractivity contribution in [2.45, 2.75) is 6.92 Å². The third-order valence-corrected chi connectivity index (χ3v) is 4.54. The molecule has 6 nitrogen and oxygen atoms in total. The average Bonchev–Trinajstić information content (AvgIpc) is 3.01. The van der Waals surface area contributed by atoms with Gasteiger partial charge in [0.05, 0.1) is 15.6 Å². The van der Waals surface area contributed by atoms with Crippen LogP contribution in [-0.2, 0) is 0 Å². The highest BCUT2D eigenvalue weighted by Gasteiger charge is 2.15. The van der Waals surface area contributed by atoms with Crippen molar-refractivity contribution in [2.75, 3.05) is 5.32 Å². The largest absolute Gasteiger partial charge is 0.322 e. The molecule has 0 bridgehead atoms. The number of rotatable bonds is 4. The highest BCUT2D eigenvalue weighted by molar-refractivity contribution is 7.09. The first kappa shape index (κ1) is 17.1. The average molecular weight is 374 g/mol. The van der Waals surface area contributed by atoms with Gasteiger partial charge < -0.3 is 5.32 Å². The number of halogens is 1. The molecule has 2 aromatic carbocycles. The number of benzene rings is 2. The molecule has 8 heteroatoms. The molecular weight excluding hydrogens is 362 g/mol. The molecule has 0 atom stereocenters. The molecule has 0 saturated heterocycles. The van der Waals surface area contributed by atoms with Gasteiger partial charge in [-0.3, -0.25) is 14.9 Å². The second-order valence-corrected chi connectivity index (χ2v) is 6.68. The van der Waals surface area contributed by atoms with E-state index in [1.807, 2.05) is 24.4 Å². The van der Waals surface area contributed by atoms with Gasteiger partial charge in [0.1, 0.15) is 5.02 Å². The van der Waals surface area contributed by atoms with Crippen molar-refractivity contribution in [1.29, 1.82) is 0 Å². The van der Waals surface area contributed by atoms with E-state index in [2.05, 4.69) is 10.3 Å². The van der Waals surface area contributed by atoms with Gasteiger partial charge in [-0.15, -0.1) is 11.3 Å². The molecule has 3 rings (SSSR count). The van der Waals surface area contributed by atoms with E-state index in [0.29, 0.717) is 5.69 Å². The molecule has 0 spiro atoms. The van der Waals surface area contributed by atoms with Gasteiger partial charge in [-0.25, -0.2) is 4.98 Å². The topological polar surface area (TPSA) is 85.1 Å². The number of aryl methyl sites for hydroxylation is 1. The zero-order chi connectivity index (χ0) is 18.0. The zero-order valence-electron chi connectivity index (χ0n) is 13.0. The number of nitro groups is 1. The Bertz CT molecular complexity index is 954. The van der Waals surface area contributed by atoms with E-state index in [4.69, 9.17) is 11.6 Å². The Kier molecular flexibility index (Phi) is 4.78. The first-order chi connectivity index (χ1) is 11.9. The number of aromatic nitrogens is 1. The highest BCUT2D eigenvalue weighted by Crippen LogP contribution is 2.26. The summed E-state index contributed by atoms with van der Waals surface area (Å²) >= 11 is 7.41. The first-order valence-corrected chi connectivity index (χ1v) is 8.47. The maximum Gasteiger partial charge on any atom is 0.287 e. The number of amides is 1. The molecular formula is C17H12ClN3O3S. The Balaban J connectivity index is 1.75. The van der Waals surface area contributed by atoms with E-state index in [9.17, 15) is 14.9 Å². The van der Waals surface area contributed by atoms with Crippen molar-refractivity contribution in [1.82, 2.24) is 4.98 Å². The van der Waals surface area contributed by atoms with E-state index >= 15 is 0 Å². The monoisotopic (exact) mass is 373 g/mol. The summed E-state index contributed by atoms with van der Waals surface area (Å²) in [5.41, 5.74) is 2.47. The van der Waals surface area contributed by atoms with Crippen LogP contribution in [0.1, 0.15) is 15.4 Å². The van der Waals surface area contributed by atoms with E-state index in [-0.39, 0.29) is 16.3 Å². The highest BCUT2D eigenvalue weighted by atomic mass is 35.5. The lowest BCUT2D eigenvalue weighted by Crippen LogP contribution is -2.11. The van der Waals surface area contributed by atoms with Crippen LogP contribution < -0.4 is 5.32 Å². The van der Waals surface area contributed by atoms with Gasteiger partial charge in [-0.1, -0.05) is 23.7 Å². The number of nitro benzene ring substituents is 1. The molecule has 0 aliphatic heterocycles. The summed E-state index contributed by atoms with van der Waals surface area (Å²) in [5.74, 6) is -0.394. The number of thiazole rings is 1. The van der Waals surface area contributed by atoms with E-state index in [0.717, 1.165) is 16.3 Å². The standard InChI is InChI=1S/C17H12ClN3O3S/c1-10-19-15(9-25-10)11-2-5-13(6-3-11)20-17(22)12-4-7-16(21(23)24)14(18)8-12/h2-9H,1H3,(H,20,22). The predicted octanol–water partition coefficient (Wildman–Crippen LogP) is 4.93. The molecule has 3 aromatic rings. The van der Waals surface area contributed by atoms with Crippen LogP contribution in [0.3, 0.4) is 0 Å². The summed E-state index contributed by atoms with van der Waals surface area (Å²) in [6.45, 7) is 1.94. The van der Waals surface area contributed by atoms with Crippen LogP contribution >= 0.6 is 22.9 Å². The van der Waals surface area contributed by atoms with Crippen LogP contribution in [-0.4, -0.2) is 15.8 Å². The molecule has 1 amide bonds. The molecule has 1 aromatic heterocycles. The maximum atomic E-state index is 12.3. The molecule has 0 fully saturated rings. The molecule has 1 N–H and O–H groups in total. The third-order valence-electron chi connectivity index (χ3n) is 3.46. The van der Waals surface area contributed by atoms with Gasteiger partial charge in [-0.05, 0) is 31.2 Å². The Morgan fingerprint density at radius 1 is 1.24 bits per heavy atom. The van der Waals surface area contributed by atoms with Crippen LogP contribution in [0.15, 0.2) is 47.8 Å². The molecule has 0 radical (unpaired) electrons. The normalized spacial score (nSPS) is 10.5. The summed E-state index contributed by atoms with van der Waals surface area (Å²) in [4.78, 5) is 26.8. The summed E-state index contributed by atoms with van der Waals surface area (Å²) in [7, 11) is 0. The second kappa shape index (κ2) is 7.00. The summed E-state index contributed by atoms with van der Waals surface area (Å²) in [6.07, 6.45) is 0. The lowest BCUT2D eigenvalue weighted by Gasteiger charge is -2.06. The maximum absolute atomic E-state index is 12.3. The Morgan fingerprint density at radius 3 is 2.52 bits per heavy atom. The fourth-order valence-corrected chi connectivity index (χ4v) is 3.09. The molecule has 0 unspecified atom stereocenters. The van der Waals surface area contributed by atoms with E-state index < -0.39 is 10.8 Å². The number of carbonyl (C=O) groups is 1. The zero-order valence-corrected chi connectivity index (χ0v) is 14.6. The Hall–Kier alpha value is -2.77. The minimum atomic E-state index is -0.594. The first-order valence-electron chi connectivity index (χ1n) is 7.22. The Morgan fingerprint density at radius 2 is 1.96 bits per heavy atom. The van der Waals surface area contributed by atoms with Gasteiger partial charge in [0, 0.05) is 28.3 Å². The number of nitrogens with one attached hydrogen (secondary N) is 1.